The van der Waals surface area contributed by atoms with Gasteiger partial charge in [0.1, 0.15) is 5.75 Å². The van der Waals surface area contributed by atoms with E-state index in [4.69, 9.17) is 4.74 Å². The summed E-state index contributed by atoms with van der Waals surface area (Å²) >= 11 is 0. The van der Waals surface area contributed by atoms with Crippen molar-refractivity contribution >= 4 is 0 Å². The Morgan fingerprint density at radius 1 is 1.04 bits per heavy atom. The molecule has 0 bridgehead atoms. The van der Waals surface area contributed by atoms with Crippen molar-refractivity contribution in [3.8, 4) is 23.3 Å². The number of aryl methyl sites for hydroxylation is 1. The lowest BCUT2D eigenvalue weighted by molar-refractivity contribution is -0.0502. The van der Waals surface area contributed by atoms with Crippen LogP contribution in [0, 0.1) is 30.5 Å². The van der Waals surface area contributed by atoms with Crippen LogP contribution in [0.1, 0.15) is 29.5 Å². The molecular formula is C20H17F3O2. The Hall–Kier alpha value is -2.61. The first-order chi connectivity index (χ1) is 12.0. The first kappa shape index (κ1) is 17.2. The maximum absolute atomic E-state index is 13.8. The first-order valence-corrected chi connectivity index (χ1v) is 8.01. The summed E-state index contributed by atoms with van der Waals surface area (Å²) < 4.78 is 48.2. The van der Waals surface area contributed by atoms with E-state index >= 15 is 0 Å². The summed E-state index contributed by atoms with van der Waals surface area (Å²) in [4.78, 5) is 0. The van der Waals surface area contributed by atoms with Crippen molar-refractivity contribution in [3.63, 3.8) is 0 Å². The molecule has 1 saturated carbocycles. The van der Waals surface area contributed by atoms with Crippen LogP contribution in [-0.2, 0) is 0 Å². The van der Waals surface area contributed by atoms with E-state index in [0.29, 0.717) is 29.2 Å². The summed E-state index contributed by atoms with van der Waals surface area (Å²) in [6.07, 6.45) is 2.26. The van der Waals surface area contributed by atoms with Gasteiger partial charge < -0.3 is 9.47 Å². The van der Waals surface area contributed by atoms with Crippen molar-refractivity contribution in [2.24, 2.45) is 5.92 Å². The first-order valence-electron chi connectivity index (χ1n) is 8.01. The molecule has 3 rings (SSSR count). The molecule has 5 heteroatoms. The van der Waals surface area contributed by atoms with Crippen LogP contribution < -0.4 is 9.47 Å². The SMILES string of the molecule is Cc1cc(C#Cc2ccc(F)c(OCC3CC3)c2)ccc1OC(F)F. The second-order valence-electron chi connectivity index (χ2n) is 6.01. The lowest BCUT2D eigenvalue weighted by Crippen LogP contribution is -2.03. The van der Waals surface area contributed by atoms with Gasteiger partial charge in [-0.1, -0.05) is 11.8 Å². The third-order valence-corrected chi connectivity index (χ3v) is 3.84. The van der Waals surface area contributed by atoms with Crippen LogP contribution in [0.5, 0.6) is 11.5 Å². The van der Waals surface area contributed by atoms with Crippen molar-refractivity contribution in [1.29, 1.82) is 0 Å². The zero-order chi connectivity index (χ0) is 17.8. The number of ether oxygens (including phenoxy) is 2. The highest BCUT2D eigenvalue weighted by atomic mass is 19.3. The second kappa shape index (κ2) is 7.52. The average molecular weight is 346 g/mol. The highest BCUT2D eigenvalue weighted by Gasteiger charge is 2.22. The van der Waals surface area contributed by atoms with E-state index in [2.05, 4.69) is 16.6 Å². The lowest BCUT2D eigenvalue weighted by Gasteiger charge is -2.07. The molecule has 25 heavy (non-hydrogen) atoms. The Labute approximate surface area is 144 Å². The van der Waals surface area contributed by atoms with Gasteiger partial charge in [0.15, 0.2) is 11.6 Å². The third kappa shape index (κ3) is 4.93. The summed E-state index contributed by atoms with van der Waals surface area (Å²) in [7, 11) is 0. The highest BCUT2D eigenvalue weighted by molar-refractivity contribution is 5.48. The van der Waals surface area contributed by atoms with Gasteiger partial charge in [-0.2, -0.15) is 8.78 Å². The van der Waals surface area contributed by atoms with Crippen molar-refractivity contribution < 1.29 is 22.6 Å². The van der Waals surface area contributed by atoms with Gasteiger partial charge in [-0.25, -0.2) is 4.39 Å². The van der Waals surface area contributed by atoms with E-state index in [1.165, 1.54) is 12.1 Å². The van der Waals surface area contributed by atoms with Crippen molar-refractivity contribution in [3.05, 3.63) is 58.9 Å². The molecule has 0 spiro atoms. The standard InChI is InChI=1S/C20H17F3O2/c1-13-10-14(7-9-18(13)25-20(22)23)2-3-15-6-8-17(21)19(11-15)24-12-16-4-5-16/h6-11,16,20H,4-5,12H2,1H3. The van der Waals surface area contributed by atoms with Crippen LogP contribution in [0.15, 0.2) is 36.4 Å². The molecule has 2 nitrogen and oxygen atoms in total. The number of hydrogen-bond donors (Lipinski definition) is 0. The van der Waals surface area contributed by atoms with Crippen molar-refractivity contribution in [2.45, 2.75) is 26.4 Å². The van der Waals surface area contributed by atoms with Gasteiger partial charge >= 0.3 is 6.61 Å². The highest BCUT2D eigenvalue weighted by Crippen LogP contribution is 2.30. The van der Waals surface area contributed by atoms with Gasteiger partial charge in [0.05, 0.1) is 6.61 Å². The normalized spacial score (nSPS) is 13.3. The molecule has 130 valence electrons. The van der Waals surface area contributed by atoms with Crippen molar-refractivity contribution in [2.75, 3.05) is 6.61 Å². The molecule has 0 amide bonds. The largest absolute Gasteiger partial charge is 0.490 e. The van der Waals surface area contributed by atoms with Crippen LogP contribution in [0.25, 0.3) is 0 Å². The maximum atomic E-state index is 13.8. The van der Waals surface area contributed by atoms with E-state index in [9.17, 15) is 13.2 Å². The number of alkyl halides is 2. The molecule has 0 aromatic heterocycles. The van der Waals surface area contributed by atoms with Crippen LogP contribution in [-0.4, -0.2) is 13.2 Å². The number of rotatable bonds is 5. The summed E-state index contributed by atoms with van der Waals surface area (Å²) in [6.45, 7) is -0.660. The van der Waals surface area contributed by atoms with Gasteiger partial charge in [0.2, 0.25) is 0 Å². The minimum Gasteiger partial charge on any atom is -0.490 e. The Morgan fingerprint density at radius 3 is 2.36 bits per heavy atom. The Balaban J connectivity index is 1.74. The van der Waals surface area contributed by atoms with Crippen molar-refractivity contribution in [1.82, 2.24) is 0 Å². The zero-order valence-corrected chi connectivity index (χ0v) is 13.7. The van der Waals surface area contributed by atoms with Crippen LogP contribution in [0.4, 0.5) is 13.2 Å². The predicted molar refractivity (Wildman–Crippen MR) is 88.4 cm³/mol. The van der Waals surface area contributed by atoms with E-state index in [0.717, 1.165) is 12.8 Å². The van der Waals surface area contributed by atoms with E-state index < -0.39 is 12.4 Å². The van der Waals surface area contributed by atoms with Crippen LogP contribution in [0.2, 0.25) is 0 Å². The molecule has 0 aliphatic heterocycles. The molecule has 1 fully saturated rings. The molecule has 0 atom stereocenters. The molecule has 2 aromatic carbocycles. The minimum absolute atomic E-state index is 0.123. The quantitative estimate of drug-likeness (QED) is 0.715. The fraction of sp³-hybridized carbons (Fsp3) is 0.300. The number of hydrogen-bond acceptors (Lipinski definition) is 2. The number of benzene rings is 2. The van der Waals surface area contributed by atoms with E-state index in [-0.39, 0.29) is 11.5 Å². The van der Waals surface area contributed by atoms with Crippen LogP contribution in [0.3, 0.4) is 0 Å². The van der Waals surface area contributed by atoms with Crippen LogP contribution >= 0.6 is 0 Å². The molecule has 0 saturated heterocycles. The van der Waals surface area contributed by atoms with Gasteiger partial charge in [-0.15, -0.1) is 0 Å². The van der Waals surface area contributed by atoms with E-state index in [1.54, 1.807) is 31.2 Å². The zero-order valence-electron chi connectivity index (χ0n) is 13.7. The molecule has 1 aliphatic carbocycles. The van der Waals surface area contributed by atoms with Gasteiger partial charge in [-0.3, -0.25) is 0 Å². The summed E-state index contributed by atoms with van der Waals surface area (Å²) in [5.74, 6) is 6.32. The minimum atomic E-state index is -2.86. The molecule has 1 aliphatic rings. The average Bonchev–Trinajstić information content (AvgIpc) is 3.39. The topological polar surface area (TPSA) is 18.5 Å². The molecule has 0 radical (unpaired) electrons. The lowest BCUT2D eigenvalue weighted by atomic mass is 10.1. The smallest absolute Gasteiger partial charge is 0.387 e. The molecular weight excluding hydrogens is 329 g/mol. The molecule has 2 aromatic rings. The second-order valence-corrected chi connectivity index (χ2v) is 6.01. The summed E-state index contributed by atoms with van der Waals surface area (Å²) in [6, 6.07) is 9.21. The van der Waals surface area contributed by atoms with Gasteiger partial charge in [0, 0.05) is 11.1 Å². The molecule has 0 unspecified atom stereocenters. The maximum Gasteiger partial charge on any atom is 0.387 e. The third-order valence-electron chi connectivity index (χ3n) is 3.84. The summed E-state index contributed by atoms with van der Waals surface area (Å²) in [5, 5.41) is 0. The monoisotopic (exact) mass is 346 g/mol. The molecule has 0 N–H and O–H groups in total. The predicted octanol–water partition coefficient (Wildman–Crippen LogP) is 4.92. The van der Waals surface area contributed by atoms with Gasteiger partial charge in [-0.05, 0) is 67.6 Å². The fourth-order valence-corrected chi connectivity index (χ4v) is 2.28. The van der Waals surface area contributed by atoms with E-state index in [1.807, 2.05) is 0 Å². The Morgan fingerprint density at radius 2 is 1.72 bits per heavy atom. The Kier molecular flexibility index (Phi) is 5.18. The van der Waals surface area contributed by atoms with Gasteiger partial charge in [0.25, 0.3) is 0 Å². The number of halogens is 3. The molecule has 0 heterocycles. The Bertz CT molecular complexity index is 817. The fourth-order valence-electron chi connectivity index (χ4n) is 2.28. The summed E-state index contributed by atoms with van der Waals surface area (Å²) in [5.41, 5.74) is 1.85.